The first-order chi connectivity index (χ1) is 7.16. The van der Waals surface area contributed by atoms with Crippen molar-refractivity contribution in [3.05, 3.63) is 46.6 Å². The van der Waals surface area contributed by atoms with E-state index in [1.807, 2.05) is 0 Å². The molecule has 2 aromatic rings. The van der Waals surface area contributed by atoms with Crippen LogP contribution in [-0.4, -0.2) is 9.97 Å². The van der Waals surface area contributed by atoms with E-state index < -0.39 is 0 Å². The molecule has 1 aromatic heterocycles. The van der Waals surface area contributed by atoms with Crippen LogP contribution in [0, 0.1) is 12.7 Å². The van der Waals surface area contributed by atoms with Crippen LogP contribution >= 0.6 is 15.9 Å². The molecule has 15 heavy (non-hydrogen) atoms. The highest BCUT2D eigenvalue weighted by Gasteiger charge is 2.03. The van der Waals surface area contributed by atoms with Crippen molar-refractivity contribution in [2.75, 3.05) is 0 Å². The van der Waals surface area contributed by atoms with Gasteiger partial charge in [-0.1, -0.05) is 0 Å². The summed E-state index contributed by atoms with van der Waals surface area (Å²) in [7, 11) is 0. The Hall–Kier alpha value is -1.29. The number of hydrogen-bond donors (Lipinski definition) is 0. The number of nitrogens with zero attached hydrogens (tertiary/aromatic N) is 2. The van der Waals surface area contributed by atoms with Crippen LogP contribution in [0.3, 0.4) is 0 Å². The fourth-order valence-electron chi connectivity index (χ4n) is 1.30. The van der Waals surface area contributed by atoms with Crippen molar-refractivity contribution < 1.29 is 4.39 Å². The van der Waals surface area contributed by atoms with E-state index in [0.717, 1.165) is 15.9 Å². The number of aromatic nitrogens is 2. The normalized spacial score (nSPS) is 10.3. The van der Waals surface area contributed by atoms with Gasteiger partial charge in [-0.2, -0.15) is 0 Å². The summed E-state index contributed by atoms with van der Waals surface area (Å²) in [4.78, 5) is 8.05. The second-order valence-electron chi connectivity index (χ2n) is 3.19. The molecule has 0 bridgehead atoms. The molecule has 0 amide bonds. The molecule has 0 N–H and O–H groups in total. The summed E-state index contributed by atoms with van der Waals surface area (Å²) in [5.41, 5.74) is 2.28. The Balaban J connectivity index is 2.50. The standard InChI is InChI=1S/C11H8BrFN2/c1-7-4-8(2-3-9(7)13)10-5-11(12)15-6-14-10/h2-6H,1H3. The monoisotopic (exact) mass is 266 g/mol. The highest BCUT2D eigenvalue weighted by Crippen LogP contribution is 2.21. The first-order valence-electron chi connectivity index (χ1n) is 4.41. The Labute approximate surface area is 95.3 Å². The maximum Gasteiger partial charge on any atom is 0.126 e. The van der Waals surface area contributed by atoms with Crippen LogP contribution in [0.25, 0.3) is 11.3 Å². The van der Waals surface area contributed by atoms with Crippen LogP contribution in [0.1, 0.15) is 5.56 Å². The number of halogens is 2. The molecular formula is C11H8BrFN2. The van der Waals surface area contributed by atoms with Crippen LogP contribution < -0.4 is 0 Å². The first kappa shape index (κ1) is 10.2. The number of rotatable bonds is 1. The molecule has 0 atom stereocenters. The molecule has 0 unspecified atom stereocenters. The lowest BCUT2D eigenvalue weighted by Crippen LogP contribution is -1.88. The van der Waals surface area contributed by atoms with Gasteiger partial charge in [0, 0.05) is 5.56 Å². The molecule has 0 aliphatic heterocycles. The Morgan fingerprint density at radius 3 is 2.67 bits per heavy atom. The second-order valence-corrected chi connectivity index (χ2v) is 4.00. The smallest absolute Gasteiger partial charge is 0.126 e. The molecule has 2 nitrogen and oxygen atoms in total. The largest absolute Gasteiger partial charge is 0.236 e. The van der Waals surface area contributed by atoms with E-state index in [9.17, 15) is 4.39 Å². The van der Waals surface area contributed by atoms with Crippen molar-refractivity contribution in [3.63, 3.8) is 0 Å². The Morgan fingerprint density at radius 2 is 2.00 bits per heavy atom. The van der Waals surface area contributed by atoms with Crippen LogP contribution in [0.4, 0.5) is 4.39 Å². The van der Waals surface area contributed by atoms with Crippen molar-refractivity contribution in [2.45, 2.75) is 6.92 Å². The summed E-state index contributed by atoms with van der Waals surface area (Å²) in [5.74, 6) is -0.202. The molecule has 0 saturated carbocycles. The average molecular weight is 267 g/mol. The summed E-state index contributed by atoms with van der Waals surface area (Å²) in [6.45, 7) is 1.73. The third-order valence-electron chi connectivity index (χ3n) is 2.09. The molecule has 0 fully saturated rings. The number of benzene rings is 1. The third kappa shape index (κ3) is 2.21. The van der Waals surface area contributed by atoms with Gasteiger partial charge < -0.3 is 0 Å². The van der Waals surface area contributed by atoms with E-state index in [2.05, 4.69) is 25.9 Å². The molecule has 0 radical (unpaired) electrons. The highest BCUT2D eigenvalue weighted by molar-refractivity contribution is 9.10. The van der Waals surface area contributed by atoms with Crippen molar-refractivity contribution in [1.82, 2.24) is 9.97 Å². The van der Waals surface area contributed by atoms with E-state index in [1.165, 1.54) is 12.4 Å². The van der Waals surface area contributed by atoms with Crippen LogP contribution in [-0.2, 0) is 0 Å². The van der Waals surface area contributed by atoms with E-state index in [4.69, 9.17) is 0 Å². The van der Waals surface area contributed by atoms with Crippen molar-refractivity contribution in [2.24, 2.45) is 0 Å². The fraction of sp³-hybridized carbons (Fsp3) is 0.0909. The van der Waals surface area contributed by atoms with Gasteiger partial charge in [0.05, 0.1) is 5.69 Å². The minimum absolute atomic E-state index is 0.202. The maximum atomic E-state index is 13.1. The minimum Gasteiger partial charge on any atom is -0.236 e. The van der Waals surface area contributed by atoms with Gasteiger partial charge in [-0.3, -0.25) is 0 Å². The summed E-state index contributed by atoms with van der Waals surface area (Å²) in [6.07, 6.45) is 1.47. The average Bonchev–Trinajstić information content (AvgIpc) is 2.22. The predicted octanol–water partition coefficient (Wildman–Crippen LogP) is 3.35. The third-order valence-corrected chi connectivity index (χ3v) is 2.52. The second kappa shape index (κ2) is 4.06. The molecule has 0 aliphatic rings. The van der Waals surface area contributed by atoms with Crippen LogP contribution in [0.2, 0.25) is 0 Å². The summed E-state index contributed by atoms with van der Waals surface area (Å²) in [6, 6.07) is 6.72. The molecule has 0 saturated heterocycles. The van der Waals surface area contributed by atoms with Gasteiger partial charge in [0.2, 0.25) is 0 Å². The van der Waals surface area contributed by atoms with Crippen molar-refractivity contribution in [1.29, 1.82) is 0 Å². The van der Waals surface area contributed by atoms with Crippen molar-refractivity contribution >= 4 is 15.9 Å². The lowest BCUT2D eigenvalue weighted by molar-refractivity contribution is 0.619. The summed E-state index contributed by atoms with van der Waals surface area (Å²) < 4.78 is 13.8. The summed E-state index contributed by atoms with van der Waals surface area (Å²) in [5, 5.41) is 0. The Bertz CT molecular complexity index is 500. The van der Waals surface area contributed by atoms with Crippen LogP contribution in [0.15, 0.2) is 35.2 Å². The molecule has 0 aliphatic carbocycles. The van der Waals surface area contributed by atoms with Gasteiger partial charge in [-0.05, 0) is 52.7 Å². The van der Waals surface area contributed by atoms with E-state index in [0.29, 0.717) is 5.56 Å². The molecule has 1 aromatic carbocycles. The van der Waals surface area contributed by atoms with Gasteiger partial charge in [-0.25, -0.2) is 14.4 Å². The molecular weight excluding hydrogens is 259 g/mol. The van der Waals surface area contributed by atoms with E-state index >= 15 is 0 Å². The van der Waals surface area contributed by atoms with E-state index in [1.54, 1.807) is 25.1 Å². The molecule has 0 spiro atoms. The zero-order valence-corrected chi connectivity index (χ0v) is 9.62. The fourth-order valence-corrected chi connectivity index (χ4v) is 1.60. The molecule has 4 heteroatoms. The van der Waals surface area contributed by atoms with Gasteiger partial charge in [0.25, 0.3) is 0 Å². The highest BCUT2D eigenvalue weighted by atomic mass is 79.9. The quantitative estimate of drug-likeness (QED) is 0.740. The van der Waals surface area contributed by atoms with Gasteiger partial charge in [0.1, 0.15) is 16.7 Å². The maximum absolute atomic E-state index is 13.1. The molecule has 1 heterocycles. The van der Waals surface area contributed by atoms with Crippen molar-refractivity contribution in [3.8, 4) is 11.3 Å². The molecule has 2 rings (SSSR count). The Morgan fingerprint density at radius 1 is 1.20 bits per heavy atom. The molecule has 76 valence electrons. The van der Waals surface area contributed by atoms with Crippen LogP contribution in [0.5, 0.6) is 0 Å². The Kier molecular flexibility index (Phi) is 2.77. The zero-order chi connectivity index (χ0) is 10.8. The van der Waals surface area contributed by atoms with Gasteiger partial charge in [-0.15, -0.1) is 0 Å². The lowest BCUT2D eigenvalue weighted by atomic mass is 10.1. The number of hydrogen-bond acceptors (Lipinski definition) is 2. The van der Waals surface area contributed by atoms with Gasteiger partial charge in [0.15, 0.2) is 0 Å². The zero-order valence-electron chi connectivity index (χ0n) is 8.04. The lowest BCUT2D eigenvalue weighted by Gasteiger charge is -2.02. The van der Waals surface area contributed by atoms with E-state index in [-0.39, 0.29) is 5.82 Å². The first-order valence-corrected chi connectivity index (χ1v) is 5.20. The summed E-state index contributed by atoms with van der Waals surface area (Å²) >= 11 is 3.27. The minimum atomic E-state index is -0.202. The number of aryl methyl sites for hydroxylation is 1. The van der Waals surface area contributed by atoms with Gasteiger partial charge >= 0.3 is 0 Å². The topological polar surface area (TPSA) is 25.8 Å². The predicted molar refractivity (Wildman–Crippen MR) is 59.9 cm³/mol. The SMILES string of the molecule is Cc1cc(-c2cc(Br)ncn2)ccc1F.